The Kier molecular flexibility index (Phi) is 4.55. The highest BCUT2D eigenvalue weighted by atomic mass is 16.5. The highest BCUT2D eigenvalue weighted by Gasteiger charge is 2.40. The van der Waals surface area contributed by atoms with Gasteiger partial charge in [-0.1, -0.05) is 13.8 Å². The van der Waals surface area contributed by atoms with E-state index in [0.29, 0.717) is 12.0 Å². The van der Waals surface area contributed by atoms with Crippen LogP contribution in [0.15, 0.2) is 0 Å². The maximum atomic E-state index is 11.4. The van der Waals surface area contributed by atoms with Crippen LogP contribution in [0.25, 0.3) is 0 Å². The SMILES string of the molecule is CCC1(CC)CCN(CC(C)(O)C(=O)OC)C1. The lowest BCUT2D eigenvalue weighted by atomic mass is 9.82. The van der Waals surface area contributed by atoms with Gasteiger partial charge >= 0.3 is 5.97 Å². The first kappa shape index (κ1) is 14.5. The van der Waals surface area contributed by atoms with Crippen LogP contribution in [0.5, 0.6) is 0 Å². The molecule has 1 fully saturated rings. The molecule has 1 saturated heterocycles. The summed E-state index contributed by atoms with van der Waals surface area (Å²) in [4.78, 5) is 13.6. The molecule has 0 radical (unpaired) electrons. The number of ether oxygens (including phenoxy) is 1. The third-order valence-electron chi connectivity index (χ3n) is 4.17. The monoisotopic (exact) mass is 243 g/mol. The van der Waals surface area contributed by atoms with Gasteiger partial charge in [-0.25, -0.2) is 4.79 Å². The average molecular weight is 243 g/mol. The van der Waals surface area contributed by atoms with Crippen LogP contribution in [-0.2, 0) is 9.53 Å². The van der Waals surface area contributed by atoms with Gasteiger partial charge in [0.15, 0.2) is 5.60 Å². The van der Waals surface area contributed by atoms with E-state index in [2.05, 4.69) is 23.5 Å². The van der Waals surface area contributed by atoms with E-state index < -0.39 is 11.6 Å². The predicted octanol–water partition coefficient (Wildman–Crippen LogP) is 1.42. The molecule has 1 N–H and O–H groups in total. The van der Waals surface area contributed by atoms with Crippen molar-refractivity contribution in [1.82, 2.24) is 4.90 Å². The number of likely N-dealkylation sites (tertiary alicyclic amines) is 1. The summed E-state index contributed by atoms with van der Waals surface area (Å²) in [5, 5.41) is 10.0. The molecule has 4 heteroatoms. The van der Waals surface area contributed by atoms with E-state index >= 15 is 0 Å². The number of carbonyl (C=O) groups is 1. The number of hydrogen-bond donors (Lipinski definition) is 1. The van der Waals surface area contributed by atoms with Gasteiger partial charge in [0.2, 0.25) is 0 Å². The molecule has 17 heavy (non-hydrogen) atoms. The summed E-state index contributed by atoms with van der Waals surface area (Å²) in [7, 11) is 1.31. The van der Waals surface area contributed by atoms with Crippen molar-refractivity contribution in [2.75, 3.05) is 26.7 Å². The highest BCUT2D eigenvalue weighted by molar-refractivity contribution is 5.78. The summed E-state index contributed by atoms with van der Waals surface area (Å²) < 4.78 is 4.61. The standard InChI is InChI=1S/C13H25NO3/c1-5-13(6-2)7-8-14(10-13)9-12(3,16)11(15)17-4/h16H,5-10H2,1-4H3. The molecular formula is C13H25NO3. The van der Waals surface area contributed by atoms with Gasteiger partial charge in [0.25, 0.3) is 0 Å². The quantitative estimate of drug-likeness (QED) is 0.742. The van der Waals surface area contributed by atoms with E-state index in [4.69, 9.17) is 0 Å². The summed E-state index contributed by atoms with van der Waals surface area (Å²) in [6.07, 6.45) is 3.46. The fourth-order valence-corrected chi connectivity index (χ4v) is 2.71. The number of methoxy groups -OCH3 is 1. The first-order valence-corrected chi connectivity index (χ1v) is 6.42. The van der Waals surface area contributed by atoms with Crippen molar-refractivity contribution in [3.8, 4) is 0 Å². The van der Waals surface area contributed by atoms with Crippen LogP contribution < -0.4 is 0 Å². The number of nitrogens with zero attached hydrogens (tertiary/aromatic N) is 1. The molecule has 1 rings (SSSR count). The van der Waals surface area contributed by atoms with E-state index in [9.17, 15) is 9.90 Å². The Bertz CT molecular complexity index is 272. The molecule has 0 saturated carbocycles. The molecule has 0 aromatic rings. The normalized spacial score (nSPS) is 23.4. The second kappa shape index (κ2) is 5.36. The van der Waals surface area contributed by atoms with Gasteiger partial charge in [0.05, 0.1) is 7.11 Å². The summed E-state index contributed by atoms with van der Waals surface area (Å²) in [5.41, 5.74) is -1.03. The van der Waals surface area contributed by atoms with Gasteiger partial charge in [-0.3, -0.25) is 4.90 Å². The fourth-order valence-electron chi connectivity index (χ4n) is 2.71. The van der Waals surface area contributed by atoms with Crippen molar-refractivity contribution in [3.63, 3.8) is 0 Å². The maximum Gasteiger partial charge on any atom is 0.338 e. The summed E-state index contributed by atoms with van der Waals surface area (Å²) in [6, 6.07) is 0. The zero-order valence-corrected chi connectivity index (χ0v) is 11.5. The van der Waals surface area contributed by atoms with Crippen molar-refractivity contribution in [3.05, 3.63) is 0 Å². The summed E-state index contributed by atoms with van der Waals surface area (Å²) in [6.45, 7) is 8.23. The number of carbonyl (C=O) groups excluding carboxylic acids is 1. The zero-order chi connectivity index (χ0) is 13.1. The van der Waals surface area contributed by atoms with Crippen LogP contribution >= 0.6 is 0 Å². The van der Waals surface area contributed by atoms with E-state index in [-0.39, 0.29) is 0 Å². The number of rotatable bonds is 5. The smallest absolute Gasteiger partial charge is 0.338 e. The largest absolute Gasteiger partial charge is 0.467 e. The van der Waals surface area contributed by atoms with Crippen molar-refractivity contribution in [1.29, 1.82) is 0 Å². The van der Waals surface area contributed by atoms with Crippen molar-refractivity contribution in [2.45, 2.75) is 45.6 Å². The maximum absolute atomic E-state index is 11.4. The molecule has 1 unspecified atom stereocenters. The Morgan fingerprint density at radius 3 is 2.47 bits per heavy atom. The highest BCUT2D eigenvalue weighted by Crippen LogP contribution is 2.37. The Balaban J connectivity index is 2.58. The second-order valence-corrected chi connectivity index (χ2v) is 5.43. The van der Waals surface area contributed by atoms with E-state index in [1.165, 1.54) is 14.0 Å². The van der Waals surface area contributed by atoms with Gasteiger partial charge in [-0.2, -0.15) is 0 Å². The zero-order valence-electron chi connectivity index (χ0n) is 11.5. The lowest BCUT2D eigenvalue weighted by molar-refractivity contribution is -0.162. The molecule has 0 amide bonds. The van der Waals surface area contributed by atoms with Crippen molar-refractivity contribution in [2.24, 2.45) is 5.41 Å². The minimum Gasteiger partial charge on any atom is -0.467 e. The van der Waals surface area contributed by atoms with Gasteiger partial charge in [-0.05, 0) is 38.1 Å². The number of β-amino-alcohol motifs (C(OH)–C–C–N with tert-alkyl or cyclic N) is 1. The Labute approximate surface area is 104 Å². The number of esters is 1. The summed E-state index contributed by atoms with van der Waals surface area (Å²) in [5.74, 6) is -0.553. The third-order valence-corrected chi connectivity index (χ3v) is 4.17. The molecule has 0 aromatic heterocycles. The molecule has 0 bridgehead atoms. The van der Waals surface area contributed by atoms with Crippen LogP contribution in [0.4, 0.5) is 0 Å². The Hall–Kier alpha value is -0.610. The molecule has 4 nitrogen and oxygen atoms in total. The molecule has 1 aliphatic heterocycles. The van der Waals surface area contributed by atoms with E-state index in [1.807, 2.05) is 0 Å². The topological polar surface area (TPSA) is 49.8 Å². The van der Waals surface area contributed by atoms with Crippen molar-refractivity contribution < 1.29 is 14.6 Å². The molecule has 0 spiro atoms. The molecular weight excluding hydrogens is 218 g/mol. The first-order valence-electron chi connectivity index (χ1n) is 6.42. The van der Waals surface area contributed by atoms with E-state index in [1.54, 1.807) is 0 Å². The minimum absolute atomic E-state index is 0.363. The molecule has 0 aromatic carbocycles. The Morgan fingerprint density at radius 2 is 2.06 bits per heavy atom. The number of hydrogen-bond acceptors (Lipinski definition) is 4. The van der Waals surface area contributed by atoms with Crippen LogP contribution in [0.3, 0.4) is 0 Å². The first-order chi connectivity index (χ1) is 7.89. The number of aliphatic hydroxyl groups is 1. The predicted molar refractivity (Wildman–Crippen MR) is 66.7 cm³/mol. The molecule has 1 atom stereocenters. The van der Waals surface area contributed by atoms with Crippen LogP contribution in [-0.4, -0.2) is 48.3 Å². The summed E-state index contributed by atoms with van der Waals surface area (Å²) >= 11 is 0. The van der Waals surface area contributed by atoms with Gasteiger partial charge in [-0.15, -0.1) is 0 Å². The van der Waals surface area contributed by atoms with Crippen LogP contribution in [0, 0.1) is 5.41 Å². The average Bonchev–Trinajstić information content (AvgIpc) is 2.71. The van der Waals surface area contributed by atoms with Crippen LogP contribution in [0.2, 0.25) is 0 Å². The van der Waals surface area contributed by atoms with Gasteiger partial charge in [0, 0.05) is 13.1 Å². The second-order valence-electron chi connectivity index (χ2n) is 5.43. The molecule has 1 heterocycles. The van der Waals surface area contributed by atoms with Gasteiger partial charge < -0.3 is 9.84 Å². The van der Waals surface area contributed by atoms with Gasteiger partial charge in [0.1, 0.15) is 0 Å². The van der Waals surface area contributed by atoms with E-state index in [0.717, 1.165) is 32.4 Å². The lowest BCUT2D eigenvalue weighted by Crippen LogP contribution is -2.47. The minimum atomic E-state index is -1.40. The fraction of sp³-hybridized carbons (Fsp3) is 0.923. The lowest BCUT2D eigenvalue weighted by Gasteiger charge is -2.29. The molecule has 0 aliphatic carbocycles. The Morgan fingerprint density at radius 1 is 1.47 bits per heavy atom. The van der Waals surface area contributed by atoms with Crippen LogP contribution in [0.1, 0.15) is 40.0 Å². The molecule has 100 valence electrons. The molecule has 1 aliphatic rings. The third kappa shape index (κ3) is 3.19. The van der Waals surface area contributed by atoms with Crippen molar-refractivity contribution >= 4 is 5.97 Å².